The molecular weight excluding hydrogens is 249 g/mol. The molecule has 0 fully saturated rings. The topological polar surface area (TPSA) is 35.5 Å². The second-order valence-corrected chi connectivity index (χ2v) is 3.67. The van der Waals surface area contributed by atoms with E-state index in [1.54, 1.807) is 0 Å². The Balaban J connectivity index is 3.47. The molecule has 6 heteroatoms. The lowest BCUT2D eigenvalue weighted by atomic mass is 9.89. The zero-order chi connectivity index (χ0) is 14.0. The fourth-order valence-electron chi connectivity index (χ4n) is 1.79. The van der Waals surface area contributed by atoms with E-state index < -0.39 is 17.6 Å². The molecule has 1 atom stereocenters. The number of ketones is 1. The van der Waals surface area contributed by atoms with E-state index in [1.807, 2.05) is 0 Å². The van der Waals surface area contributed by atoms with Crippen LogP contribution in [-0.2, 0) is 15.1 Å². The highest BCUT2D eigenvalue weighted by Crippen LogP contribution is 2.43. The highest BCUT2D eigenvalue weighted by molar-refractivity contribution is 5.87. The minimum absolute atomic E-state index is 0.222. The summed E-state index contributed by atoms with van der Waals surface area (Å²) in [6, 6.07) is 5.18. The van der Waals surface area contributed by atoms with Crippen molar-refractivity contribution in [3.8, 4) is 5.75 Å². The van der Waals surface area contributed by atoms with E-state index in [4.69, 9.17) is 4.74 Å². The van der Waals surface area contributed by atoms with E-state index in [0.29, 0.717) is 0 Å². The van der Waals surface area contributed by atoms with Gasteiger partial charge in [0.15, 0.2) is 5.78 Å². The molecule has 0 aliphatic heterocycles. The summed E-state index contributed by atoms with van der Waals surface area (Å²) < 4.78 is 48.9. The molecule has 0 heterocycles. The average Bonchev–Trinajstić information content (AvgIpc) is 2.28. The van der Waals surface area contributed by atoms with Gasteiger partial charge in [-0.05, 0) is 19.1 Å². The van der Waals surface area contributed by atoms with Crippen molar-refractivity contribution in [1.29, 1.82) is 0 Å². The average molecular weight is 262 g/mol. The van der Waals surface area contributed by atoms with Crippen LogP contribution in [0.2, 0.25) is 0 Å². The van der Waals surface area contributed by atoms with Crippen LogP contribution in [0.4, 0.5) is 13.2 Å². The first-order chi connectivity index (χ1) is 8.29. The third kappa shape index (κ3) is 2.20. The third-order valence-corrected chi connectivity index (χ3v) is 2.68. The molecule has 0 amide bonds. The number of carbonyl (C=O) groups excluding carboxylic acids is 1. The first kappa shape index (κ1) is 14.5. The minimum atomic E-state index is -4.85. The van der Waals surface area contributed by atoms with E-state index in [1.165, 1.54) is 25.3 Å². The lowest BCUT2D eigenvalue weighted by molar-refractivity contribution is -0.263. The Hall–Kier alpha value is -1.56. The Morgan fingerprint density at radius 2 is 1.83 bits per heavy atom. The zero-order valence-corrected chi connectivity index (χ0v) is 10.2. The van der Waals surface area contributed by atoms with E-state index in [-0.39, 0.29) is 11.3 Å². The second-order valence-electron chi connectivity index (χ2n) is 3.67. The normalized spacial score (nSPS) is 15.0. The molecule has 1 unspecified atom stereocenters. The summed E-state index contributed by atoms with van der Waals surface area (Å²) in [4.78, 5) is 11.5. The van der Waals surface area contributed by atoms with Crippen LogP contribution in [0.1, 0.15) is 12.5 Å². The van der Waals surface area contributed by atoms with Crippen molar-refractivity contribution in [1.82, 2.24) is 0 Å². The van der Waals surface area contributed by atoms with E-state index >= 15 is 0 Å². The van der Waals surface area contributed by atoms with Gasteiger partial charge in [-0.15, -0.1) is 0 Å². The van der Waals surface area contributed by atoms with Crippen molar-refractivity contribution >= 4 is 5.78 Å². The van der Waals surface area contributed by atoms with Crippen molar-refractivity contribution in [2.24, 2.45) is 0 Å². The Kier molecular flexibility index (Phi) is 4.01. The van der Waals surface area contributed by atoms with Gasteiger partial charge in [-0.25, -0.2) is 0 Å². The van der Waals surface area contributed by atoms with Gasteiger partial charge >= 0.3 is 6.18 Å². The molecule has 100 valence electrons. The first-order valence-corrected chi connectivity index (χ1v) is 5.07. The van der Waals surface area contributed by atoms with Gasteiger partial charge in [0.1, 0.15) is 5.75 Å². The molecule has 1 aromatic rings. The molecule has 3 nitrogen and oxygen atoms in total. The molecule has 0 radical (unpaired) electrons. The highest BCUT2D eigenvalue weighted by atomic mass is 19.4. The maximum Gasteiger partial charge on any atom is 0.428 e. The number of carbonyl (C=O) groups is 1. The van der Waals surface area contributed by atoms with Crippen LogP contribution in [-0.4, -0.2) is 26.2 Å². The lowest BCUT2D eigenvalue weighted by Gasteiger charge is -2.32. The number of benzene rings is 1. The van der Waals surface area contributed by atoms with Gasteiger partial charge in [-0.1, -0.05) is 12.1 Å². The summed E-state index contributed by atoms with van der Waals surface area (Å²) >= 11 is 0. The number of methoxy groups -OCH3 is 2. The van der Waals surface area contributed by atoms with E-state index in [9.17, 15) is 18.0 Å². The molecule has 0 aliphatic carbocycles. The fourth-order valence-corrected chi connectivity index (χ4v) is 1.79. The van der Waals surface area contributed by atoms with Crippen LogP contribution in [0.3, 0.4) is 0 Å². The zero-order valence-electron chi connectivity index (χ0n) is 10.2. The van der Waals surface area contributed by atoms with Crippen LogP contribution in [0.5, 0.6) is 5.75 Å². The van der Waals surface area contributed by atoms with Crippen LogP contribution in [0.15, 0.2) is 24.3 Å². The SMILES string of the molecule is COc1cccc(C(OC)(C(C)=O)C(F)(F)F)c1. The Bertz CT molecular complexity index is 442. The third-order valence-electron chi connectivity index (χ3n) is 2.68. The monoisotopic (exact) mass is 262 g/mol. The summed E-state index contributed by atoms with van der Waals surface area (Å²) in [5, 5.41) is 0. The standard InChI is InChI=1S/C12H13F3O3/c1-8(16)11(18-3,12(13,14)15)9-5-4-6-10(7-9)17-2/h4-7H,1-3H3. The molecule has 18 heavy (non-hydrogen) atoms. The van der Waals surface area contributed by atoms with Gasteiger partial charge in [0.05, 0.1) is 7.11 Å². The number of halogens is 3. The predicted molar refractivity (Wildman–Crippen MR) is 58.4 cm³/mol. The molecule has 0 N–H and O–H groups in total. The van der Waals surface area contributed by atoms with Crippen molar-refractivity contribution in [3.63, 3.8) is 0 Å². The Morgan fingerprint density at radius 3 is 2.22 bits per heavy atom. The number of ether oxygens (including phenoxy) is 2. The van der Waals surface area contributed by atoms with Crippen LogP contribution in [0.25, 0.3) is 0 Å². The van der Waals surface area contributed by atoms with Crippen LogP contribution >= 0.6 is 0 Å². The van der Waals surface area contributed by atoms with Gasteiger partial charge in [-0.3, -0.25) is 4.79 Å². The van der Waals surface area contributed by atoms with Gasteiger partial charge in [-0.2, -0.15) is 13.2 Å². The molecule has 0 saturated carbocycles. The van der Waals surface area contributed by atoms with Crippen molar-refractivity contribution in [3.05, 3.63) is 29.8 Å². The number of rotatable bonds is 4. The second kappa shape index (κ2) is 4.97. The van der Waals surface area contributed by atoms with E-state index in [2.05, 4.69) is 4.74 Å². The summed E-state index contributed by atoms with van der Waals surface area (Å²) in [6.45, 7) is 0.844. The Labute approximate surface area is 103 Å². The predicted octanol–water partition coefficient (Wildman–Crippen LogP) is 2.69. The molecule has 1 aromatic carbocycles. The molecule has 0 aromatic heterocycles. The Morgan fingerprint density at radius 1 is 1.22 bits per heavy atom. The van der Waals surface area contributed by atoms with Gasteiger partial charge in [0, 0.05) is 12.7 Å². The molecule has 0 aliphatic rings. The van der Waals surface area contributed by atoms with Crippen LogP contribution < -0.4 is 4.74 Å². The number of hydrogen-bond acceptors (Lipinski definition) is 3. The smallest absolute Gasteiger partial charge is 0.428 e. The molecule has 0 saturated heterocycles. The highest BCUT2D eigenvalue weighted by Gasteiger charge is 2.60. The lowest BCUT2D eigenvalue weighted by Crippen LogP contribution is -2.49. The van der Waals surface area contributed by atoms with Crippen LogP contribution in [0, 0.1) is 0 Å². The summed E-state index contributed by atoms with van der Waals surface area (Å²) in [6.07, 6.45) is -4.85. The molecule has 1 rings (SSSR count). The van der Waals surface area contributed by atoms with Crippen molar-refractivity contribution < 1.29 is 27.4 Å². The molecule has 0 bridgehead atoms. The van der Waals surface area contributed by atoms with Gasteiger partial charge in [0.25, 0.3) is 0 Å². The molecular formula is C12H13F3O3. The maximum atomic E-state index is 13.2. The summed E-state index contributed by atoms with van der Waals surface area (Å²) in [7, 11) is 2.18. The first-order valence-electron chi connectivity index (χ1n) is 5.07. The fraction of sp³-hybridized carbons (Fsp3) is 0.417. The quantitative estimate of drug-likeness (QED) is 0.836. The van der Waals surface area contributed by atoms with Gasteiger partial charge in [0.2, 0.25) is 5.60 Å². The van der Waals surface area contributed by atoms with E-state index in [0.717, 1.165) is 20.1 Å². The molecule has 0 spiro atoms. The largest absolute Gasteiger partial charge is 0.497 e. The van der Waals surface area contributed by atoms with Crippen molar-refractivity contribution in [2.75, 3.05) is 14.2 Å². The number of Topliss-reactive ketones (excluding diaryl/α,β-unsaturated/α-hetero) is 1. The maximum absolute atomic E-state index is 13.2. The van der Waals surface area contributed by atoms with Crippen molar-refractivity contribution in [2.45, 2.75) is 18.7 Å². The number of alkyl halides is 3. The summed E-state index contributed by atoms with van der Waals surface area (Å²) in [5.41, 5.74) is -3.26. The summed E-state index contributed by atoms with van der Waals surface area (Å²) in [5.74, 6) is -0.912. The van der Waals surface area contributed by atoms with Gasteiger partial charge < -0.3 is 9.47 Å². The number of hydrogen-bond donors (Lipinski definition) is 0. The minimum Gasteiger partial charge on any atom is -0.497 e.